The lowest BCUT2D eigenvalue weighted by molar-refractivity contribution is 1.00. The van der Waals surface area contributed by atoms with Gasteiger partial charge in [-0.2, -0.15) is 0 Å². The Labute approximate surface area is 176 Å². The van der Waals surface area contributed by atoms with E-state index in [1.165, 1.54) is 10.5 Å². The van der Waals surface area contributed by atoms with Gasteiger partial charge < -0.3 is 4.98 Å². The number of nitrogens with zero attached hydrogens (tertiary/aromatic N) is 2. The molecular formula is C23H24ClN3S. The predicted molar refractivity (Wildman–Crippen MR) is 121 cm³/mol. The van der Waals surface area contributed by atoms with Gasteiger partial charge in [-0.25, -0.2) is 4.98 Å². The molecule has 1 aromatic carbocycles. The van der Waals surface area contributed by atoms with Gasteiger partial charge in [0.15, 0.2) is 0 Å². The van der Waals surface area contributed by atoms with Crippen molar-refractivity contribution >= 4 is 33.2 Å². The lowest BCUT2D eigenvalue weighted by Gasteiger charge is -2.10. The highest BCUT2D eigenvalue weighted by atomic mass is 35.5. The summed E-state index contributed by atoms with van der Waals surface area (Å²) in [5, 5.41) is 0.768. The minimum atomic E-state index is 0.768. The average molecular weight is 410 g/mol. The molecule has 0 amide bonds. The molecule has 0 spiro atoms. The monoisotopic (exact) mass is 409 g/mol. The molecule has 0 bridgehead atoms. The average Bonchev–Trinajstić information content (AvgIpc) is 3.18. The Hall–Kier alpha value is -2.30. The molecule has 0 aliphatic carbocycles. The Morgan fingerprint density at radius 1 is 1.21 bits per heavy atom. The van der Waals surface area contributed by atoms with Crippen molar-refractivity contribution in [1.29, 1.82) is 0 Å². The van der Waals surface area contributed by atoms with Crippen LogP contribution in [-0.4, -0.2) is 15.0 Å². The summed E-state index contributed by atoms with van der Waals surface area (Å²) in [4.78, 5) is 14.2. The molecule has 3 aromatic rings. The van der Waals surface area contributed by atoms with Crippen molar-refractivity contribution in [3.63, 3.8) is 0 Å². The SMILES string of the molecule is C=C(S/C(=C\CCc1ccc(Cl)cc1)c1ccnc(C)c1)c1ncc(CC)[nH]1. The summed E-state index contributed by atoms with van der Waals surface area (Å²) in [6.45, 7) is 8.35. The molecule has 1 N–H and O–H groups in total. The second-order valence-corrected chi connectivity index (χ2v) is 8.13. The van der Waals surface area contributed by atoms with Crippen molar-refractivity contribution in [1.82, 2.24) is 15.0 Å². The highest BCUT2D eigenvalue weighted by molar-refractivity contribution is 8.16. The summed E-state index contributed by atoms with van der Waals surface area (Å²) in [5.41, 5.74) is 4.54. The Kier molecular flexibility index (Phi) is 7.12. The van der Waals surface area contributed by atoms with Gasteiger partial charge in [-0.1, -0.05) is 55.1 Å². The van der Waals surface area contributed by atoms with Crippen molar-refractivity contribution < 1.29 is 0 Å². The second-order valence-electron chi connectivity index (χ2n) is 6.56. The summed E-state index contributed by atoms with van der Waals surface area (Å²) < 4.78 is 0. The maximum absolute atomic E-state index is 5.98. The molecule has 3 nitrogen and oxygen atoms in total. The van der Waals surface area contributed by atoms with Crippen LogP contribution in [0.15, 0.2) is 61.4 Å². The molecule has 0 radical (unpaired) electrons. The maximum Gasteiger partial charge on any atom is 0.143 e. The maximum atomic E-state index is 5.98. The largest absolute Gasteiger partial charge is 0.341 e. The third-order valence-corrected chi connectivity index (χ3v) is 5.68. The number of benzene rings is 1. The van der Waals surface area contributed by atoms with E-state index in [1.54, 1.807) is 11.8 Å². The number of halogens is 1. The fraction of sp³-hybridized carbons (Fsp3) is 0.217. The first-order chi connectivity index (χ1) is 13.5. The molecule has 3 rings (SSSR count). The van der Waals surface area contributed by atoms with Crippen LogP contribution in [0.3, 0.4) is 0 Å². The molecule has 0 unspecified atom stereocenters. The zero-order valence-corrected chi connectivity index (χ0v) is 17.8. The third-order valence-electron chi connectivity index (χ3n) is 4.36. The Balaban J connectivity index is 1.78. The third kappa shape index (κ3) is 5.60. The molecule has 0 atom stereocenters. The Bertz CT molecular complexity index is 974. The van der Waals surface area contributed by atoms with Crippen LogP contribution in [-0.2, 0) is 12.8 Å². The lowest BCUT2D eigenvalue weighted by Crippen LogP contribution is -1.89. The molecule has 0 saturated heterocycles. The smallest absolute Gasteiger partial charge is 0.143 e. The Morgan fingerprint density at radius 3 is 2.68 bits per heavy atom. The van der Waals surface area contributed by atoms with E-state index in [0.717, 1.165) is 52.0 Å². The predicted octanol–water partition coefficient (Wildman–Crippen LogP) is 6.71. The number of H-pyrrole nitrogens is 1. The molecule has 0 saturated carbocycles. The molecular weight excluding hydrogens is 386 g/mol. The van der Waals surface area contributed by atoms with Gasteiger partial charge in [-0.05, 0) is 61.6 Å². The van der Waals surface area contributed by atoms with Crippen LogP contribution in [0.4, 0.5) is 0 Å². The normalized spacial score (nSPS) is 11.6. The number of aromatic nitrogens is 3. The first kappa shape index (κ1) is 20.4. The van der Waals surface area contributed by atoms with Crippen LogP contribution in [0.2, 0.25) is 5.02 Å². The van der Waals surface area contributed by atoms with Crippen molar-refractivity contribution in [3.8, 4) is 0 Å². The molecule has 5 heteroatoms. The second kappa shape index (κ2) is 9.76. The van der Waals surface area contributed by atoms with E-state index in [4.69, 9.17) is 11.6 Å². The van der Waals surface area contributed by atoms with Crippen molar-refractivity contribution in [2.45, 2.75) is 33.1 Å². The number of rotatable bonds is 8. The van der Waals surface area contributed by atoms with Gasteiger partial charge >= 0.3 is 0 Å². The quantitative estimate of drug-likeness (QED) is 0.449. The molecule has 0 aliphatic heterocycles. The van der Waals surface area contributed by atoms with E-state index in [-0.39, 0.29) is 0 Å². The Morgan fingerprint density at radius 2 is 2.00 bits per heavy atom. The topological polar surface area (TPSA) is 41.6 Å². The van der Waals surface area contributed by atoms with E-state index in [1.807, 2.05) is 37.5 Å². The zero-order chi connectivity index (χ0) is 19.9. The highest BCUT2D eigenvalue weighted by Gasteiger charge is 2.10. The van der Waals surface area contributed by atoms with Crippen molar-refractivity contribution in [3.05, 3.63) is 94.8 Å². The number of hydrogen-bond donors (Lipinski definition) is 1. The molecule has 28 heavy (non-hydrogen) atoms. The van der Waals surface area contributed by atoms with E-state index in [2.05, 4.69) is 52.7 Å². The van der Waals surface area contributed by atoms with Crippen LogP contribution in [0.1, 0.15) is 41.7 Å². The molecule has 144 valence electrons. The summed E-state index contributed by atoms with van der Waals surface area (Å²) in [6, 6.07) is 12.2. The standard InChI is InChI=1S/C23H24ClN3S/c1-4-21-15-26-23(27-21)17(3)28-22(19-12-13-25-16(2)14-19)7-5-6-18-8-10-20(24)11-9-18/h7-15H,3-6H2,1-2H3,(H,26,27)/b22-7-. The number of thioether (sulfide) groups is 1. The van der Waals surface area contributed by atoms with E-state index < -0.39 is 0 Å². The van der Waals surface area contributed by atoms with Crippen LogP contribution >= 0.6 is 23.4 Å². The number of nitrogens with one attached hydrogen (secondary N) is 1. The summed E-state index contributed by atoms with van der Waals surface area (Å²) in [7, 11) is 0. The number of aryl methyl sites for hydroxylation is 3. The van der Waals surface area contributed by atoms with Gasteiger partial charge in [0, 0.05) is 38.6 Å². The number of hydrogen-bond acceptors (Lipinski definition) is 3. The van der Waals surface area contributed by atoms with Crippen molar-refractivity contribution in [2.75, 3.05) is 0 Å². The van der Waals surface area contributed by atoms with Gasteiger partial charge in [-0.3, -0.25) is 4.98 Å². The number of pyridine rings is 1. The lowest BCUT2D eigenvalue weighted by atomic mass is 10.1. The van der Waals surface area contributed by atoms with Crippen LogP contribution in [0, 0.1) is 6.92 Å². The van der Waals surface area contributed by atoms with Crippen molar-refractivity contribution in [2.24, 2.45) is 0 Å². The first-order valence-electron chi connectivity index (χ1n) is 9.33. The minimum absolute atomic E-state index is 0.768. The number of aromatic amines is 1. The molecule has 2 aromatic heterocycles. The van der Waals surface area contributed by atoms with Crippen LogP contribution < -0.4 is 0 Å². The minimum Gasteiger partial charge on any atom is -0.341 e. The van der Waals surface area contributed by atoms with Gasteiger partial charge in [-0.15, -0.1) is 0 Å². The summed E-state index contributed by atoms with van der Waals surface area (Å²) >= 11 is 7.62. The van der Waals surface area contributed by atoms with Gasteiger partial charge in [0.1, 0.15) is 5.82 Å². The molecule has 0 fully saturated rings. The van der Waals surface area contributed by atoms with Crippen LogP contribution in [0.25, 0.3) is 9.81 Å². The first-order valence-corrected chi connectivity index (χ1v) is 10.5. The molecule has 0 aliphatic rings. The van der Waals surface area contributed by atoms with Gasteiger partial charge in [0.2, 0.25) is 0 Å². The molecule has 2 heterocycles. The summed E-state index contributed by atoms with van der Waals surface area (Å²) in [5.74, 6) is 0.830. The van der Waals surface area contributed by atoms with E-state index in [9.17, 15) is 0 Å². The van der Waals surface area contributed by atoms with Gasteiger partial charge in [0.05, 0.1) is 0 Å². The zero-order valence-electron chi connectivity index (χ0n) is 16.2. The number of imidazole rings is 1. The van der Waals surface area contributed by atoms with Crippen LogP contribution in [0.5, 0.6) is 0 Å². The van der Waals surface area contributed by atoms with E-state index >= 15 is 0 Å². The van der Waals surface area contributed by atoms with E-state index in [0.29, 0.717) is 0 Å². The fourth-order valence-electron chi connectivity index (χ4n) is 2.80. The highest BCUT2D eigenvalue weighted by Crippen LogP contribution is 2.37. The fourth-order valence-corrected chi connectivity index (χ4v) is 3.84. The van der Waals surface area contributed by atoms with Gasteiger partial charge in [0.25, 0.3) is 0 Å². The number of allylic oxidation sites excluding steroid dienone is 1. The summed E-state index contributed by atoms with van der Waals surface area (Å²) in [6.07, 6.45) is 8.81.